The summed E-state index contributed by atoms with van der Waals surface area (Å²) >= 11 is 0. The van der Waals surface area contributed by atoms with Gasteiger partial charge in [-0.05, 0) is 12.2 Å². The van der Waals surface area contributed by atoms with Gasteiger partial charge in [0, 0.05) is 26.5 Å². The van der Waals surface area contributed by atoms with E-state index in [2.05, 4.69) is 0 Å². The van der Waals surface area contributed by atoms with Gasteiger partial charge in [0.15, 0.2) is 0 Å². The minimum Gasteiger partial charge on any atom is -0.297 e. The van der Waals surface area contributed by atoms with E-state index in [1.807, 2.05) is 48.7 Å². The number of nitrogens with zero attached hydrogens (tertiary/aromatic N) is 2. The summed E-state index contributed by atoms with van der Waals surface area (Å²) in [6, 6.07) is 0. The van der Waals surface area contributed by atoms with Gasteiger partial charge >= 0.3 is 0 Å². The summed E-state index contributed by atoms with van der Waals surface area (Å²) in [5, 5.41) is 4.00. The smallest absolute Gasteiger partial charge is 0.0277 e. The fourth-order valence-electron chi connectivity index (χ4n) is 0.559. The lowest BCUT2D eigenvalue weighted by Crippen LogP contribution is -2.28. The first-order valence-electron chi connectivity index (χ1n) is 2.61. The predicted molar refractivity (Wildman–Crippen MR) is 33.8 cm³/mol. The van der Waals surface area contributed by atoms with E-state index in [0.717, 1.165) is 0 Å². The first-order valence-corrected chi connectivity index (χ1v) is 2.61. The summed E-state index contributed by atoms with van der Waals surface area (Å²) in [4.78, 5) is 0. The molecule has 0 saturated heterocycles. The normalized spacial score (nSPS) is 17.8. The summed E-state index contributed by atoms with van der Waals surface area (Å²) in [5.41, 5.74) is 0. The highest BCUT2D eigenvalue weighted by Crippen LogP contribution is 1.98. The minimum absolute atomic E-state index is 2.00. The van der Waals surface area contributed by atoms with Crippen LogP contribution in [0.5, 0.6) is 0 Å². The molecule has 1 aliphatic heterocycles. The van der Waals surface area contributed by atoms with Gasteiger partial charge in [-0.3, -0.25) is 10.0 Å². The van der Waals surface area contributed by atoms with Crippen molar-refractivity contribution in [3.8, 4) is 0 Å². The third kappa shape index (κ3) is 0.832. The van der Waals surface area contributed by atoms with Crippen molar-refractivity contribution in [1.29, 1.82) is 0 Å². The second kappa shape index (κ2) is 1.90. The van der Waals surface area contributed by atoms with E-state index in [4.69, 9.17) is 0 Å². The quantitative estimate of drug-likeness (QED) is 0.455. The van der Waals surface area contributed by atoms with Crippen LogP contribution in [0.25, 0.3) is 0 Å². The number of hydrazine groups is 1. The third-order valence-electron chi connectivity index (χ3n) is 1.21. The van der Waals surface area contributed by atoms with E-state index in [9.17, 15) is 0 Å². The molecule has 0 atom stereocenters. The molecule has 0 amide bonds. The number of allylic oxidation sites excluding steroid dienone is 2. The zero-order valence-electron chi connectivity index (χ0n) is 5.20. The van der Waals surface area contributed by atoms with Crippen LogP contribution in [0.3, 0.4) is 0 Å². The van der Waals surface area contributed by atoms with Gasteiger partial charge in [-0.2, -0.15) is 0 Å². The molecule has 0 saturated carbocycles. The third-order valence-corrected chi connectivity index (χ3v) is 1.21. The van der Waals surface area contributed by atoms with Crippen LogP contribution in [0.4, 0.5) is 0 Å². The molecule has 0 aliphatic carbocycles. The summed E-state index contributed by atoms with van der Waals surface area (Å²) in [7, 11) is 4.00. The summed E-state index contributed by atoms with van der Waals surface area (Å²) < 4.78 is 0. The molecule has 0 aromatic heterocycles. The van der Waals surface area contributed by atoms with E-state index in [1.54, 1.807) is 0 Å². The maximum atomic E-state index is 2.00. The Morgan fingerprint density at radius 1 is 0.875 bits per heavy atom. The van der Waals surface area contributed by atoms with Crippen molar-refractivity contribution < 1.29 is 0 Å². The molecular weight excluding hydrogens is 100 g/mol. The predicted octanol–water partition coefficient (Wildman–Crippen LogP) is 0.806. The zero-order valence-corrected chi connectivity index (χ0v) is 5.20. The Balaban J connectivity index is 2.59. The number of rotatable bonds is 0. The highest BCUT2D eigenvalue weighted by molar-refractivity contribution is 5.04. The monoisotopic (exact) mass is 110 g/mol. The number of hydrogen-bond donors (Lipinski definition) is 0. The van der Waals surface area contributed by atoms with Crippen molar-refractivity contribution in [3.05, 3.63) is 24.6 Å². The Kier molecular flexibility index (Phi) is 1.24. The van der Waals surface area contributed by atoms with Gasteiger partial charge in [-0.1, -0.05) is 0 Å². The molecule has 1 heterocycles. The van der Waals surface area contributed by atoms with Crippen molar-refractivity contribution >= 4 is 0 Å². The van der Waals surface area contributed by atoms with E-state index >= 15 is 0 Å². The van der Waals surface area contributed by atoms with Gasteiger partial charge in [0.25, 0.3) is 0 Å². The largest absolute Gasteiger partial charge is 0.297 e. The van der Waals surface area contributed by atoms with E-state index in [0.29, 0.717) is 0 Å². The first kappa shape index (κ1) is 5.22. The molecule has 0 radical (unpaired) electrons. The average Bonchev–Trinajstić information content (AvgIpc) is 1.77. The van der Waals surface area contributed by atoms with Gasteiger partial charge < -0.3 is 0 Å². The Bertz CT molecular complexity index is 110. The molecule has 0 N–H and O–H groups in total. The van der Waals surface area contributed by atoms with Crippen LogP contribution in [-0.2, 0) is 0 Å². The molecule has 1 aliphatic rings. The Hall–Kier alpha value is -0.920. The van der Waals surface area contributed by atoms with Gasteiger partial charge in [-0.25, -0.2) is 0 Å². The topological polar surface area (TPSA) is 6.48 Å². The molecule has 0 unspecified atom stereocenters. The molecule has 44 valence electrons. The van der Waals surface area contributed by atoms with Crippen molar-refractivity contribution in [2.75, 3.05) is 14.1 Å². The van der Waals surface area contributed by atoms with Crippen LogP contribution < -0.4 is 0 Å². The standard InChI is InChI=1S/C6H10N2/c1-7-5-3-4-6-8(7)2/h3-6H,1-2H3. The average molecular weight is 110 g/mol. The highest BCUT2D eigenvalue weighted by Gasteiger charge is 1.94. The van der Waals surface area contributed by atoms with E-state index in [1.165, 1.54) is 0 Å². The van der Waals surface area contributed by atoms with Crippen molar-refractivity contribution in [3.63, 3.8) is 0 Å². The molecule has 8 heavy (non-hydrogen) atoms. The van der Waals surface area contributed by atoms with Crippen LogP contribution >= 0.6 is 0 Å². The second-order valence-electron chi connectivity index (χ2n) is 1.83. The van der Waals surface area contributed by atoms with Crippen molar-refractivity contribution in [2.45, 2.75) is 0 Å². The Labute approximate surface area is 49.7 Å². The summed E-state index contributed by atoms with van der Waals surface area (Å²) in [5.74, 6) is 0. The maximum absolute atomic E-state index is 2.00. The maximum Gasteiger partial charge on any atom is 0.0277 e. The summed E-state index contributed by atoms with van der Waals surface area (Å²) in [6.45, 7) is 0. The van der Waals surface area contributed by atoms with Gasteiger partial charge in [-0.15, -0.1) is 0 Å². The fourth-order valence-corrected chi connectivity index (χ4v) is 0.559. The van der Waals surface area contributed by atoms with Crippen molar-refractivity contribution in [2.24, 2.45) is 0 Å². The highest BCUT2D eigenvalue weighted by atomic mass is 15.6. The van der Waals surface area contributed by atoms with Crippen LogP contribution in [0.1, 0.15) is 0 Å². The molecule has 0 fully saturated rings. The molecule has 0 bridgehead atoms. The first-order chi connectivity index (χ1) is 3.80. The molecular formula is C6H10N2. The SMILES string of the molecule is CN1C=CC=CN1C. The van der Waals surface area contributed by atoms with Crippen LogP contribution in [-0.4, -0.2) is 24.1 Å². The molecule has 2 heteroatoms. The Morgan fingerprint density at radius 3 is 1.50 bits per heavy atom. The van der Waals surface area contributed by atoms with E-state index < -0.39 is 0 Å². The Morgan fingerprint density at radius 2 is 1.25 bits per heavy atom. The lowest BCUT2D eigenvalue weighted by molar-refractivity contribution is 0.141. The van der Waals surface area contributed by atoms with E-state index in [-0.39, 0.29) is 0 Å². The molecule has 2 nitrogen and oxygen atoms in total. The molecule has 0 aromatic carbocycles. The van der Waals surface area contributed by atoms with Gasteiger partial charge in [0.05, 0.1) is 0 Å². The van der Waals surface area contributed by atoms with Crippen LogP contribution in [0.2, 0.25) is 0 Å². The number of hydrogen-bond acceptors (Lipinski definition) is 2. The fraction of sp³-hybridized carbons (Fsp3) is 0.333. The van der Waals surface area contributed by atoms with Crippen LogP contribution in [0, 0.1) is 0 Å². The lowest BCUT2D eigenvalue weighted by atomic mass is 10.5. The molecule has 0 aromatic rings. The lowest BCUT2D eigenvalue weighted by Gasteiger charge is -2.26. The zero-order chi connectivity index (χ0) is 5.98. The van der Waals surface area contributed by atoms with Crippen LogP contribution in [0.15, 0.2) is 24.6 Å². The second-order valence-corrected chi connectivity index (χ2v) is 1.83. The van der Waals surface area contributed by atoms with Crippen molar-refractivity contribution in [1.82, 2.24) is 10.0 Å². The minimum atomic E-state index is 2.00. The molecule has 0 spiro atoms. The molecule has 1 rings (SSSR count). The van der Waals surface area contributed by atoms with Gasteiger partial charge in [0.2, 0.25) is 0 Å². The summed E-state index contributed by atoms with van der Waals surface area (Å²) in [6.07, 6.45) is 8.00. The van der Waals surface area contributed by atoms with Gasteiger partial charge in [0.1, 0.15) is 0 Å².